The first-order valence-electron chi connectivity index (χ1n) is 8.33. The van der Waals surface area contributed by atoms with Gasteiger partial charge in [-0.1, -0.05) is 18.2 Å². The van der Waals surface area contributed by atoms with Crippen molar-refractivity contribution >= 4 is 33.5 Å². The van der Waals surface area contributed by atoms with Gasteiger partial charge in [0, 0.05) is 24.7 Å². The van der Waals surface area contributed by atoms with E-state index in [-0.39, 0.29) is 4.90 Å². The number of nitrogens with zero attached hydrogens (tertiary/aromatic N) is 1. The monoisotopic (exact) mass is 387 g/mol. The average Bonchev–Trinajstić information content (AvgIpc) is 3.13. The van der Waals surface area contributed by atoms with E-state index in [2.05, 4.69) is 15.0 Å². The highest BCUT2D eigenvalue weighted by molar-refractivity contribution is 7.90. The Labute approximate surface area is 156 Å². The molecule has 2 N–H and O–H groups in total. The van der Waals surface area contributed by atoms with Crippen LogP contribution < -0.4 is 10.0 Å². The molecule has 0 aliphatic carbocycles. The van der Waals surface area contributed by atoms with Crippen LogP contribution in [-0.2, 0) is 14.8 Å². The molecule has 3 rings (SSSR count). The smallest absolute Gasteiger partial charge is 0.262 e. The first-order chi connectivity index (χ1) is 12.9. The molecule has 0 saturated carbocycles. The Morgan fingerprint density at radius 2 is 1.96 bits per heavy atom. The molecular weight excluding hydrogens is 369 g/mol. The van der Waals surface area contributed by atoms with Crippen molar-refractivity contribution in [3.05, 3.63) is 66.0 Å². The second kappa shape index (κ2) is 8.13. The fourth-order valence-corrected chi connectivity index (χ4v) is 3.68. The van der Waals surface area contributed by atoms with Gasteiger partial charge in [-0.15, -0.1) is 0 Å². The molecule has 0 fully saturated rings. The van der Waals surface area contributed by atoms with Gasteiger partial charge < -0.3 is 5.32 Å². The van der Waals surface area contributed by atoms with Crippen molar-refractivity contribution in [2.75, 3.05) is 11.9 Å². The van der Waals surface area contributed by atoms with Crippen molar-refractivity contribution in [1.82, 2.24) is 4.72 Å². The van der Waals surface area contributed by atoms with Crippen molar-refractivity contribution in [1.29, 1.82) is 0 Å². The van der Waals surface area contributed by atoms with Crippen molar-refractivity contribution in [3.63, 3.8) is 0 Å². The number of rotatable bonds is 5. The van der Waals surface area contributed by atoms with E-state index in [4.69, 9.17) is 0 Å². The van der Waals surface area contributed by atoms with Crippen LogP contribution in [0.3, 0.4) is 0 Å². The van der Waals surface area contributed by atoms with Gasteiger partial charge in [-0.2, -0.15) is 0 Å². The number of carbonyl (C=O) groups excluding carboxylic acids is 1. The number of aliphatic imine (C=N–C) groups is 1. The summed E-state index contributed by atoms with van der Waals surface area (Å²) in [6.45, 7) is 0.617. The lowest BCUT2D eigenvalue weighted by Gasteiger charge is -2.09. The van der Waals surface area contributed by atoms with E-state index in [0.29, 0.717) is 30.1 Å². The molecule has 0 saturated heterocycles. The highest BCUT2D eigenvalue weighted by Gasteiger charge is 2.18. The molecule has 2 aromatic rings. The molecule has 1 heterocycles. The summed E-state index contributed by atoms with van der Waals surface area (Å²) in [5, 5.41) is 2.59. The van der Waals surface area contributed by atoms with Gasteiger partial charge in [-0.3, -0.25) is 14.5 Å². The maximum Gasteiger partial charge on any atom is 0.262 e. The number of anilines is 1. The SMILES string of the molecule is O=C(/C=C/c1cccc(F)c1)Nc1cccc(S(=O)(=O)NC2=NCCC2)c1. The molecule has 0 aromatic heterocycles. The van der Waals surface area contributed by atoms with E-state index in [1.807, 2.05) is 0 Å². The third-order valence-electron chi connectivity index (χ3n) is 3.81. The summed E-state index contributed by atoms with van der Waals surface area (Å²) in [6.07, 6.45) is 4.15. The highest BCUT2D eigenvalue weighted by atomic mass is 32.2. The first-order valence-corrected chi connectivity index (χ1v) is 9.81. The Kier molecular flexibility index (Phi) is 5.66. The Morgan fingerprint density at radius 1 is 1.15 bits per heavy atom. The van der Waals surface area contributed by atoms with Crippen LogP contribution in [0.5, 0.6) is 0 Å². The van der Waals surface area contributed by atoms with Crippen LogP contribution in [0.4, 0.5) is 10.1 Å². The summed E-state index contributed by atoms with van der Waals surface area (Å²) in [5.74, 6) is -0.403. The fourth-order valence-electron chi connectivity index (χ4n) is 2.54. The third-order valence-corrected chi connectivity index (χ3v) is 5.19. The van der Waals surface area contributed by atoms with Gasteiger partial charge in [0.1, 0.15) is 11.7 Å². The maximum absolute atomic E-state index is 13.1. The zero-order valence-corrected chi connectivity index (χ0v) is 15.2. The van der Waals surface area contributed by atoms with Crippen LogP contribution in [-0.4, -0.2) is 26.7 Å². The fraction of sp³-hybridized carbons (Fsp3) is 0.158. The molecule has 27 heavy (non-hydrogen) atoms. The summed E-state index contributed by atoms with van der Waals surface area (Å²) in [5.41, 5.74) is 0.878. The van der Waals surface area contributed by atoms with E-state index in [0.717, 1.165) is 6.42 Å². The van der Waals surface area contributed by atoms with Crippen LogP contribution in [0.25, 0.3) is 6.08 Å². The molecule has 1 aliphatic heterocycles. The summed E-state index contributed by atoms with van der Waals surface area (Å²) >= 11 is 0. The number of hydrogen-bond donors (Lipinski definition) is 2. The van der Waals surface area contributed by atoms with Crippen molar-refractivity contribution in [2.24, 2.45) is 4.99 Å². The van der Waals surface area contributed by atoms with Crippen molar-refractivity contribution in [2.45, 2.75) is 17.7 Å². The van der Waals surface area contributed by atoms with Crippen LogP contribution in [0.1, 0.15) is 18.4 Å². The number of amidine groups is 1. The zero-order valence-electron chi connectivity index (χ0n) is 14.4. The zero-order chi connectivity index (χ0) is 19.3. The number of sulfonamides is 1. The van der Waals surface area contributed by atoms with Gasteiger partial charge in [-0.25, -0.2) is 12.8 Å². The Balaban J connectivity index is 1.69. The van der Waals surface area contributed by atoms with Crippen LogP contribution >= 0.6 is 0 Å². The second-order valence-corrected chi connectivity index (χ2v) is 7.63. The van der Waals surface area contributed by atoms with Crippen LogP contribution in [0.2, 0.25) is 0 Å². The van der Waals surface area contributed by atoms with Gasteiger partial charge >= 0.3 is 0 Å². The van der Waals surface area contributed by atoms with Gasteiger partial charge in [0.25, 0.3) is 10.0 Å². The number of nitrogens with one attached hydrogen (secondary N) is 2. The molecule has 1 aliphatic rings. The van der Waals surface area contributed by atoms with Crippen molar-refractivity contribution < 1.29 is 17.6 Å². The van der Waals surface area contributed by atoms with Gasteiger partial charge in [-0.05, 0) is 48.4 Å². The number of hydrogen-bond acceptors (Lipinski definition) is 4. The lowest BCUT2D eigenvalue weighted by atomic mass is 10.2. The standard InChI is InChI=1S/C19H18FN3O3S/c20-15-5-1-4-14(12-15)9-10-19(24)22-16-6-2-7-17(13-16)27(25,26)23-18-8-3-11-21-18/h1-2,4-7,9-10,12-13H,3,8,11H2,(H,21,23)(H,22,24)/b10-9+. The average molecular weight is 387 g/mol. The molecule has 2 aromatic carbocycles. The van der Waals surface area contributed by atoms with E-state index in [1.165, 1.54) is 42.5 Å². The van der Waals surface area contributed by atoms with E-state index < -0.39 is 21.7 Å². The summed E-state index contributed by atoms with van der Waals surface area (Å²) in [4.78, 5) is 16.2. The molecule has 8 heteroatoms. The predicted molar refractivity (Wildman–Crippen MR) is 102 cm³/mol. The number of amides is 1. The quantitative estimate of drug-likeness (QED) is 0.773. The van der Waals surface area contributed by atoms with E-state index >= 15 is 0 Å². The minimum atomic E-state index is -3.75. The molecule has 6 nitrogen and oxygen atoms in total. The van der Waals surface area contributed by atoms with Crippen LogP contribution in [0.15, 0.2) is 64.5 Å². The number of halogens is 1. The Hall–Kier alpha value is -3.00. The predicted octanol–water partition coefficient (Wildman–Crippen LogP) is 2.95. The minimum Gasteiger partial charge on any atom is -0.322 e. The normalized spacial score (nSPS) is 14.2. The van der Waals surface area contributed by atoms with Gasteiger partial charge in [0.15, 0.2) is 0 Å². The molecule has 0 radical (unpaired) electrons. The van der Waals surface area contributed by atoms with Crippen LogP contribution in [0, 0.1) is 5.82 Å². The topological polar surface area (TPSA) is 87.6 Å². The number of carbonyl (C=O) groups is 1. The lowest BCUT2D eigenvalue weighted by Crippen LogP contribution is -2.29. The Bertz CT molecular complexity index is 1020. The second-order valence-electron chi connectivity index (χ2n) is 5.94. The summed E-state index contributed by atoms with van der Waals surface area (Å²) in [7, 11) is -3.75. The minimum absolute atomic E-state index is 0.0315. The first kappa shape index (κ1) is 18.8. The summed E-state index contributed by atoms with van der Waals surface area (Å²) in [6, 6.07) is 11.8. The molecule has 0 atom stereocenters. The maximum atomic E-state index is 13.1. The van der Waals surface area contributed by atoms with E-state index in [9.17, 15) is 17.6 Å². The van der Waals surface area contributed by atoms with Gasteiger partial charge in [0.05, 0.1) is 4.90 Å². The summed E-state index contributed by atoms with van der Waals surface area (Å²) < 4.78 is 40.4. The largest absolute Gasteiger partial charge is 0.322 e. The highest BCUT2D eigenvalue weighted by Crippen LogP contribution is 2.16. The van der Waals surface area contributed by atoms with Gasteiger partial charge in [0.2, 0.25) is 5.91 Å². The third kappa shape index (κ3) is 5.24. The molecular formula is C19H18FN3O3S. The molecule has 1 amide bonds. The molecule has 0 unspecified atom stereocenters. The molecule has 140 valence electrons. The Morgan fingerprint density at radius 3 is 2.70 bits per heavy atom. The molecule has 0 spiro atoms. The lowest BCUT2D eigenvalue weighted by molar-refractivity contribution is -0.111. The van der Waals surface area contributed by atoms with E-state index in [1.54, 1.807) is 18.2 Å². The van der Waals surface area contributed by atoms with Crippen molar-refractivity contribution in [3.8, 4) is 0 Å². The molecule has 0 bridgehead atoms. The number of benzene rings is 2.